The summed E-state index contributed by atoms with van der Waals surface area (Å²) >= 11 is 0. The molecule has 5 rings (SSSR count). The third-order valence-corrected chi connectivity index (χ3v) is 8.31. The smallest absolute Gasteiger partial charge is 0.416 e. The van der Waals surface area contributed by atoms with Gasteiger partial charge in [-0.25, -0.2) is 4.79 Å². The maximum absolute atomic E-state index is 13.2. The van der Waals surface area contributed by atoms with E-state index in [0.717, 1.165) is 43.4 Å². The van der Waals surface area contributed by atoms with E-state index < -0.39 is 23.6 Å². The number of para-hydroxylation sites is 1. The Hall–Kier alpha value is -4.67. The van der Waals surface area contributed by atoms with Crippen LogP contribution in [0.2, 0.25) is 0 Å². The van der Waals surface area contributed by atoms with Crippen molar-refractivity contribution in [3.63, 3.8) is 0 Å². The Kier molecular flexibility index (Phi) is 10.6. The van der Waals surface area contributed by atoms with E-state index in [9.17, 15) is 27.9 Å². The number of halogens is 3. The van der Waals surface area contributed by atoms with Gasteiger partial charge in [0.15, 0.2) is 0 Å². The van der Waals surface area contributed by atoms with Crippen LogP contribution in [0.1, 0.15) is 62.7 Å². The summed E-state index contributed by atoms with van der Waals surface area (Å²) in [5.41, 5.74) is 2.48. The molecule has 0 atom stereocenters. The van der Waals surface area contributed by atoms with Crippen LogP contribution in [0.15, 0.2) is 91.0 Å². The number of carbonyl (C=O) groups excluding carboxylic acids is 1. The number of aromatic carboxylic acids is 1. The lowest BCUT2D eigenvalue weighted by molar-refractivity contribution is -0.137. The first-order valence-electron chi connectivity index (χ1n) is 15.6. The standard InChI is InChI=1S/C37H38F3N3O4/c1-25(2)32-23-34(41-35(44)27-11-13-31(14-12-27)47-30-9-4-3-5-10-30)33(36(45)46)22-28(32)24-43-19-17-42(18-20-43)16-15-26-7-6-8-29(21-26)37(38,39)40/h3-14,21-23,25H,15-20,24H2,1-2H3,(H,41,44)(H,45,46). The van der Waals surface area contributed by atoms with Crippen LogP contribution in [-0.2, 0) is 19.1 Å². The lowest BCUT2D eigenvalue weighted by Crippen LogP contribution is -2.46. The van der Waals surface area contributed by atoms with E-state index in [1.165, 1.54) is 12.1 Å². The minimum atomic E-state index is -4.36. The maximum Gasteiger partial charge on any atom is 0.416 e. The number of ether oxygens (including phenoxy) is 1. The first-order chi connectivity index (χ1) is 22.5. The van der Waals surface area contributed by atoms with Crippen molar-refractivity contribution in [1.82, 2.24) is 9.80 Å². The highest BCUT2D eigenvalue weighted by atomic mass is 19.4. The van der Waals surface area contributed by atoms with E-state index in [-0.39, 0.29) is 17.2 Å². The zero-order valence-corrected chi connectivity index (χ0v) is 26.4. The predicted molar refractivity (Wildman–Crippen MR) is 175 cm³/mol. The zero-order valence-electron chi connectivity index (χ0n) is 26.4. The van der Waals surface area contributed by atoms with Gasteiger partial charge in [-0.3, -0.25) is 9.69 Å². The quantitative estimate of drug-likeness (QED) is 0.172. The first kappa shape index (κ1) is 33.7. The van der Waals surface area contributed by atoms with E-state index in [4.69, 9.17) is 4.74 Å². The van der Waals surface area contributed by atoms with Crippen LogP contribution in [0.4, 0.5) is 18.9 Å². The summed E-state index contributed by atoms with van der Waals surface area (Å²) in [4.78, 5) is 30.0. The molecule has 0 spiro atoms. The molecule has 2 N–H and O–H groups in total. The topological polar surface area (TPSA) is 82.1 Å². The molecule has 1 aliphatic rings. The van der Waals surface area contributed by atoms with Gasteiger partial charge in [-0.05, 0) is 83.6 Å². The second-order valence-electron chi connectivity index (χ2n) is 12.0. The van der Waals surface area contributed by atoms with Gasteiger partial charge in [-0.15, -0.1) is 0 Å². The Balaban J connectivity index is 1.22. The van der Waals surface area contributed by atoms with E-state index in [0.29, 0.717) is 42.1 Å². The second-order valence-corrected chi connectivity index (χ2v) is 12.0. The van der Waals surface area contributed by atoms with Crippen molar-refractivity contribution in [3.05, 3.63) is 124 Å². The largest absolute Gasteiger partial charge is 0.478 e. The van der Waals surface area contributed by atoms with Crippen LogP contribution < -0.4 is 10.1 Å². The maximum atomic E-state index is 13.2. The number of rotatable bonds is 11. The number of hydrogen-bond acceptors (Lipinski definition) is 5. The molecular formula is C37H38F3N3O4. The molecule has 1 aliphatic heterocycles. The number of carboxylic acid groups (broad SMARTS) is 1. The van der Waals surface area contributed by atoms with Gasteiger partial charge < -0.3 is 20.1 Å². The lowest BCUT2D eigenvalue weighted by atomic mass is 9.93. The fourth-order valence-electron chi connectivity index (χ4n) is 5.71. The molecule has 47 heavy (non-hydrogen) atoms. The summed E-state index contributed by atoms with van der Waals surface area (Å²) in [6.07, 6.45) is -3.83. The lowest BCUT2D eigenvalue weighted by Gasteiger charge is -2.35. The minimum absolute atomic E-state index is 0.0153. The molecule has 1 heterocycles. The molecule has 0 radical (unpaired) electrons. The van der Waals surface area contributed by atoms with E-state index in [1.54, 1.807) is 42.5 Å². The molecule has 1 saturated heterocycles. The Labute approximate surface area is 272 Å². The summed E-state index contributed by atoms with van der Waals surface area (Å²) in [6, 6.07) is 24.8. The molecule has 0 unspecified atom stereocenters. The van der Waals surface area contributed by atoms with Gasteiger partial charge in [0.05, 0.1) is 16.8 Å². The molecule has 0 bridgehead atoms. The highest BCUT2D eigenvalue weighted by molar-refractivity contribution is 6.08. The molecule has 246 valence electrons. The molecule has 4 aromatic rings. The Morgan fingerprint density at radius 1 is 0.851 bits per heavy atom. The minimum Gasteiger partial charge on any atom is -0.478 e. The number of alkyl halides is 3. The molecule has 4 aromatic carbocycles. The van der Waals surface area contributed by atoms with Crippen molar-refractivity contribution in [2.24, 2.45) is 0 Å². The number of nitrogens with zero attached hydrogens (tertiary/aromatic N) is 2. The number of hydrogen-bond donors (Lipinski definition) is 2. The van der Waals surface area contributed by atoms with Crippen molar-refractivity contribution in [2.75, 3.05) is 38.0 Å². The molecule has 10 heteroatoms. The fourth-order valence-corrected chi connectivity index (χ4v) is 5.71. The average Bonchev–Trinajstić information content (AvgIpc) is 3.05. The van der Waals surface area contributed by atoms with Gasteiger partial charge in [0.1, 0.15) is 11.5 Å². The predicted octanol–water partition coefficient (Wildman–Crippen LogP) is 7.93. The Morgan fingerprint density at radius 2 is 1.51 bits per heavy atom. The van der Waals surface area contributed by atoms with E-state index in [2.05, 4.69) is 15.1 Å². The molecule has 1 fully saturated rings. The van der Waals surface area contributed by atoms with Gasteiger partial charge in [-0.2, -0.15) is 13.2 Å². The van der Waals surface area contributed by atoms with Crippen molar-refractivity contribution in [3.8, 4) is 11.5 Å². The monoisotopic (exact) mass is 645 g/mol. The SMILES string of the molecule is CC(C)c1cc(NC(=O)c2ccc(Oc3ccccc3)cc2)c(C(=O)O)cc1CN1CCN(CCc2cccc(C(F)(F)F)c2)CC1. The second kappa shape index (κ2) is 14.8. The van der Waals surface area contributed by atoms with Gasteiger partial charge >= 0.3 is 12.1 Å². The van der Waals surface area contributed by atoms with Crippen molar-refractivity contribution in [2.45, 2.75) is 38.9 Å². The van der Waals surface area contributed by atoms with E-state index in [1.807, 2.05) is 44.2 Å². The number of carbonyl (C=O) groups is 2. The normalized spacial score (nSPS) is 14.3. The molecule has 0 aliphatic carbocycles. The third-order valence-electron chi connectivity index (χ3n) is 8.31. The summed E-state index contributed by atoms with van der Waals surface area (Å²) in [5.74, 6) is -0.244. The first-order valence-corrected chi connectivity index (χ1v) is 15.6. The van der Waals surface area contributed by atoms with Crippen molar-refractivity contribution < 1.29 is 32.6 Å². The number of nitrogens with one attached hydrogen (secondary N) is 1. The number of piperazine rings is 1. The molecule has 0 saturated carbocycles. The van der Waals surface area contributed by atoms with Gasteiger partial charge in [0.25, 0.3) is 5.91 Å². The third kappa shape index (κ3) is 8.99. The highest BCUT2D eigenvalue weighted by Gasteiger charge is 2.30. The van der Waals surface area contributed by atoms with Gasteiger partial charge in [0, 0.05) is 44.8 Å². The van der Waals surface area contributed by atoms with Crippen molar-refractivity contribution in [1.29, 1.82) is 0 Å². The van der Waals surface area contributed by atoms with Crippen LogP contribution in [0, 0.1) is 0 Å². The summed E-state index contributed by atoms with van der Waals surface area (Å²) in [7, 11) is 0. The number of amides is 1. The zero-order chi connectivity index (χ0) is 33.6. The van der Waals surface area contributed by atoms with Crippen molar-refractivity contribution >= 4 is 17.6 Å². The molecule has 0 aromatic heterocycles. The highest BCUT2D eigenvalue weighted by Crippen LogP contribution is 2.31. The van der Waals surface area contributed by atoms with Crippen LogP contribution in [0.25, 0.3) is 0 Å². The summed E-state index contributed by atoms with van der Waals surface area (Å²) < 4.78 is 45.0. The van der Waals surface area contributed by atoms with Crippen LogP contribution in [0.3, 0.4) is 0 Å². The average molecular weight is 646 g/mol. The number of benzene rings is 4. The number of carboxylic acids is 1. The number of anilines is 1. The van der Waals surface area contributed by atoms with Gasteiger partial charge in [0.2, 0.25) is 0 Å². The molecular weight excluding hydrogens is 607 g/mol. The van der Waals surface area contributed by atoms with Crippen LogP contribution in [-0.4, -0.2) is 59.5 Å². The summed E-state index contributed by atoms with van der Waals surface area (Å²) in [6.45, 7) is 8.26. The Bertz CT molecular complexity index is 1680. The fraction of sp³-hybridized carbons (Fsp3) is 0.297. The Morgan fingerprint density at radius 3 is 2.15 bits per heavy atom. The van der Waals surface area contributed by atoms with E-state index >= 15 is 0 Å². The summed E-state index contributed by atoms with van der Waals surface area (Å²) in [5, 5.41) is 12.9. The molecule has 7 nitrogen and oxygen atoms in total. The van der Waals surface area contributed by atoms with Crippen LogP contribution >= 0.6 is 0 Å². The van der Waals surface area contributed by atoms with Gasteiger partial charge in [-0.1, -0.05) is 50.2 Å². The molecule has 1 amide bonds. The van der Waals surface area contributed by atoms with Crippen LogP contribution in [0.5, 0.6) is 11.5 Å².